The van der Waals surface area contributed by atoms with Gasteiger partial charge in [0.1, 0.15) is 0 Å². The van der Waals surface area contributed by atoms with E-state index in [1.807, 2.05) is 37.3 Å². The molecule has 0 saturated heterocycles. The molecule has 2 aromatic carbocycles. The fourth-order valence-electron chi connectivity index (χ4n) is 2.12. The van der Waals surface area contributed by atoms with Crippen molar-refractivity contribution in [2.24, 2.45) is 0 Å². The van der Waals surface area contributed by atoms with Gasteiger partial charge in [0.25, 0.3) is 5.91 Å². The molecule has 1 amide bonds. The second kappa shape index (κ2) is 8.22. The van der Waals surface area contributed by atoms with Gasteiger partial charge in [-0.1, -0.05) is 42.8 Å². The van der Waals surface area contributed by atoms with Crippen LogP contribution < -0.4 is 5.32 Å². The van der Waals surface area contributed by atoms with Gasteiger partial charge < -0.3 is 10.4 Å². The summed E-state index contributed by atoms with van der Waals surface area (Å²) in [5.74, 6) is 0.723. The summed E-state index contributed by atoms with van der Waals surface area (Å²) in [5.41, 5.74) is 2.31. The Labute approximate surface area is 139 Å². The molecule has 0 bridgehead atoms. The molecule has 2 N–H and O–H groups in total. The number of hydrogen-bond donors (Lipinski definition) is 2. The van der Waals surface area contributed by atoms with Crippen LogP contribution in [-0.4, -0.2) is 16.8 Å². The van der Waals surface area contributed by atoms with Gasteiger partial charge >= 0.3 is 0 Å². The maximum atomic E-state index is 12.4. The highest BCUT2D eigenvalue weighted by atomic mass is 35.5. The molecule has 0 unspecified atom stereocenters. The Morgan fingerprint density at radius 1 is 1.23 bits per heavy atom. The molecule has 5 heteroatoms. The SMILES string of the molecule is CCSc1ccc(Cl)cc1C(=O)NCc1ccccc1CO. The number of nitrogens with one attached hydrogen (secondary N) is 1. The van der Waals surface area contributed by atoms with Crippen LogP contribution in [-0.2, 0) is 13.2 Å². The van der Waals surface area contributed by atoms with Crippen molar-refractivity contribution in [3.8, 4) is 0 Å². The van der Waals surface area contributed by atoms with E-state index in [1.165, 1.54) is 0 Å². The quantitative estimate of drug-likeness (QED) is 0.788. The van der Waals surface area contributed by atoms with E-state index in [-0.39, 0.29) is 12.5 Å². The average molecular weight is 336 g/mol. The van der Waals surface area contributed by atoms with Crippen LogP contribution in [0.3, 0.4) is 0 Å². The van der Waals surface area contributed by atoms with E-state index in [9.17, 15) is 9.90 Å². The second-order valence-corrected chi connectivity index (χ2v) is 6.43. The third kappa shape index (κ3) is 4.26. The number of benzene rings is 2. The Bertz CT molecular complexity index is 661. The van der Waals surface area contributed by atoms with Gasteiger partial charge in [0.05, 0.1) is 12.2 Å². The minimum absolute atomic E-state index is 0.0415. The number of aliphatic hydroxyl groups is 1. The first-order valence-corrected chi connectivity index (χ1v) is 8.40. The number of thioether (sulfide) groups is 1. The highest BCUT2D eigenvalue weighted by molar-refractivity contribution is 7.99. The summed E-state index contributed by atoms with van der Waals surface area (Å²) in [4.78, 5) is 13.3. The van der Waals surface area contributed by atoms with Gasteiger partial charge in [0, 0.05) is 16.5 Å². The molecular weight excluding hydrogens is 318 g/mol. The zero-order chi connectivity index (χ0) is 15.9. The van der Waals surface area contributed by atoms with Crippen LogP contribution >= 0.6 is 23.4 Å². The number of carbonyl (C=O) groups is 1. The minimum atomic E-state index is -0.161. The Kier molecular flexibility index (Phi) is 6.31. The number of hydrogen-bond acceptors (Lipinski definition) is 3. The molecule has 2 rings (SSSR count). The first-order valence-electron chi connectivity index (χ1n) is 7.04. The maximum Gasteiger partial charge on any atom is 0.252 e. The molecule has 0 aliphatic heterocycles. The van der Waals surface area contributed by atoms with Crippen molar-refractivity contribution in [2.75, 3.05) is 5.75 Å². The molecule has 0 heterocycles. The zero-order valence-corrected chi connectivity index (χ0v) is 13.9. The summed E-state index contributed by atoms with van der Waals surface area (Å²) >= 11 is 7.61. The second-order valence-electron chi connectivity index (χ2n) is 4.68. The molecule has 0 aliphatic carbocycles. The van der Waals surface area contributed by atoms with E-state index in [0.29, 0.717) is 17.1 Å². The van der Waals surface area contributed by atoms with Gasteiger partial charge in [-0.2, -0.15) is 0 Å². The minimum Gasteiger partial charge on any atom is -0.392 e. The van der Waals surface area contributed by atoms with E-state index in [4.69, 9.17) is 11.6 Å². The van der Waals surface area contributed by atoms with Gasteiger partial charge in [-0.3, -0.25) is 4.79 Å². The van der Waals surface area contributed by atoms with Crippen LogP contribution in [0.5, 0.6) is 0 Å². The molecule has 0 atom stereocenters. The van der Waals surface area contributed by atoms with Gasteiger partial charge in [-0.25, -0.2) is 0 Å². The summed E-state index contributed by atoms with van der Waals surface area (Å²) in [5, 5.41) is 12.8. The van der Waals surface area contributed by atoms with Crippen LogP contribution in [0.2, 0.25) is 5.02 Å². The van der Waals surface area contributed by atoms with Gasteiger partial charge in [0.2, 0.25) is 0 Å². The van der Waals surface area contributed by atoms with Crippen molar-refractivity contribution in [3.05, 3.63) is 64.2 Å². The van der Waals surface area contributed by atoms with E-state index in [0.717, 1.165) is 21.8 Å². The molecule has 22 heavy (non-hydrogen) atoms. The summed E-state index contributed by atoms with van der Waals surface area (Å²) in [6.07, 6.45) is 0. The molecule has 2 aromatic rings. The van der Waals surface area contributed by atoms with E-state index in [1.54, 1.807) is 23.9 Å². The molecule has 0 aromatic heterocycles. The normalized spacial score (nSPS) is 10.5. The van der Waals surface area contributed by atoms with Crippen LogP contribution in [0.15, 0.2) is 47.4 Å². The standard InChI is InChI=1S/C17H18ClNO2S/c1-2-22-16-8-7-14(18)9-15(16)17(21)19-10-12-5-3-4-6-13(12)11-20/h3-9,20H,2,10-11H2,1H3,(H,19,21). The van der Waals surface area contributed by atoms with Crippen molar-refractivity contribution < 1.29 is 9.90 Å². The van der Waals surface area contributed by atoms with E-state index >= 15 is 0 Å². The maximum absolute atomic E-state index is 12.4. The summed E-state index contributed by atoms with van der Waals surface area (Å²) in [6, 6.07) is 12.8. The number of rotatable bonds is 6. The van der Waals surface area contributed by atoms with Gasteiger partial charge in [-0.05, 0) is 35.1 Å². The Hall–Kier alpha value is -1.49. The molecule has 3 nitrogen and oxygen atoms in total. The topological polar surface area (TPSA) is 49.3 Å². The Morgan fingerprint density at radius 3 is 2.64 bits per heavy atom. The van der Waals surface area contributed by atoms with Crippen molar-refractivity contribution >= 4 is 29.3 Å². The Morgan fingerprint density at radius 2 is 1.95 bits per heavy atom. The molecule has 0 saturated carbocycles. The predicted molar refractivity (Wildman–Crippen MR) is 91.4 cm³/mol. The lowest BCUT2D eigenvalue weighted by Gasteiger charge is -2.11. The van der Waals surface area contributed by atoms with E-state index < -0.39 is 0 Å². The van der Waals surface area contributed by atoms with Crippen molar-refractivity contribution in [1.82, 2.24) is 5.32 Å². The van der Waals surface area contributed by atoms with Crippen molar-refractivity contribution in [2.45, 2.75) is 25.0 Å². The molecule has 0 aliphatic rings. The first kappa shape index (κ1) is 16.9. The summed E-state index contributed by atoms with van der Waals surface area (Å²) in [6.45, 7) is 2.37. The molecule has 116 valence electrons. The third-order valence-electron chi connectivity index (χ3n) is 3.21. The largest absolute Gasteiger partial charge is 0.392 e. The van der Waals surface area contributed by atoms with Crippen LogP contribution in [0.4, 0.5) is 0 Å². The Balaban J connectivity index is 2.14. The summed E-state index contributed by atoms with van der Waals surface area (Å²) < 4.78 is 0. The third-order valence-corrected chi connectivity index (χ3v) is 4.40. The van der Waals surface area contributed by atoms with Crippen molar-refractivity contribution in [1.29, 1.82) is 0 Å². The number of aliphatic hydroxyl groups excluding tert-OH is 1. The predicted octanol–water partition coefficient (Wildman–Crippen LogP) is 3.87. The smallest absolute Gasteiger partial charge is 0.252 e. The van der Waals surface area contributed by atoms with Crippen molar-refractivity contribution in [3.63, 3.8) is 0 Å². The van der Waals surface area contributed by atoms with Crippen LogP contribution in [0.1, 0.15) is 28.4 Å². The number of amides is 1. The monoisotopic (exact) mass is 335 g/mol. The fourth-order valence-corrected chi connectivity index (χ4v) is 3.07. The first-order chi connectivity index (χ1) is 10.7. The van der Waals surface area contributed by atoms with Gasteiger partial charge in [-0.15, -0.1) is 11.8 Å². The molecular formula is C17H18ClNO2S. The number of carbonyl (C=O) groups excluding carboxylic acids is 1. The fraction of sp³-hybridized carbons (Fsp3) is 0.235. The zero-order valence-electron chi connectivity index (χ0n) is 12.3. The lowest BCUT2D eigenvalue weighted by molar-refractivity contribution is 0.0947. The highest BCUT2D eigenvalue weighted by Gasteiger charge is 2.12. The highest BCUT2D eigenvalue weighted by Crippen LogP contribution is 2.25. The van der Waals surface area contributed by atoms with Gasteiger partial charge in [0.15, 0.2) is 0 Å². The molecule has 0 fully saturated rings. The average Bonchev–Trinajstić information content (AvgIpc) is 2.54. The van der Waals surface area contributed by atoms with Crippen LogP contribution in [0, 0.1) is 0 Å². The lowest BCUT2D eigenvalue weighted by atomic mass is 10.1. The lowest BCUT2D eigenvalue weighted by Crippen LogP contribution is -2.24. The van der Waals surface area contributed by atoms with E-state index in [2.05, 4.69) is 5.32 Å². The number of halogens is 1. The molecule has 0 spiro atoms. The summed E-state index contributed by atoms with van der Waals surface area (Å²) in [7, 11) is 0. The molecule has 0 radical (unpaired) electrons. The van der Waals surface area contributed by atoms with Crippen LogP contribution in [0.25, 0.3) is 0 Å².